The number of hydrogen-bond donors (Lipinski definition) is 2. The number of carbonyl (C=O) groups is 1. The molecule has 126 valence electrons. The van der Waals surface area contributed by atoms with Crippen LogP contribution in [0, 0.1) is 20.8 Å². The van der Waals surface area contributed by atoms with Crippen molar-refractivity contribution < 1.29 is 4.79 Å². The van der Waals surface area contributed by atoms with Crippen LogP contribution in [-0.4, -0.2) is 16.0 Å². The lowest BCUT2D eigenvalue weighted by Gasteiger charge is -2.07. The lowest BCUT2D eigenvalue weighted by Crippen LogP contribution is -2.19. The Morgan fingerprint density at radius 2 is 1.72 bits per heavy atom. The summed E-state index contributed by atoms with van der Waals surface area (Å²) >= 11 is 3.11. The Hall–Kier alpha value is -2.51. The fourth-order valence-corrected chi connectivity index (χ4v) is 4.70. The molecule has 0 saturated carbocycles. The van der Waals surface area contributed by atoms with Gasteiger partial charge in [-0.25, -0.2) is 14.8 Å². The number of benzene rings is 2. The van der Waals surface area contributed by atoms with Crippen LogP contribution in [0.3, 0.4) is 0 Å². The first-order chi connectivity index (χ1) is 12.0. The van der Waals surface area contributed by atoms with Crippen molar-refractivity contribution in [1.82, 2.24) is 9.97 Å². The van der Waals surface area contributed by atoms with Crippen molar-refractivity contribution in [2.45, 2.75) is 20.8 Å². The Kier molecular flexibility index (Phi) is 3.89. The first-order valence-electron chi connectivity index (χ1n) is 7.81. The fourth-order valence-electron chi connectivity index (χ4n) is 2.85. The quantitative estimate of drug-likeness (QED) is 0.493. The number of rotatable bonds is 2. The molecule has 0 aliphatic heterocycles. The third-order valence-corrected chi connectivity index (χ3v) is 5.65. The zero-order valence-corrected chi connectivity index (χ0v) is 15.6. The van der Waals surface area contributed by atoms with Gasteiger partial charge in [-0.15, -0.1) is 11.3 Å². The maximum Gasteiger partial charge on any atom is 0.325 e. The molecule has 0 radical (unpaired) electrons. The van der Waals surface area contributed by atoms with Gasteiger partial charge in [0, 0.05) is 5.69 Å². The van der Waals surface area contributed by atoms with Crippen molar-refractivity contribution in [1.29, 1.82) is 0 Å². The Morgan fingerprint density at radius 1 is 0.960 bits per heavy atom. The van der Waals surface area contributed by atoms with E-state index in [4.69, 9.17) is 0 Å². The van der Waals surface area contributed by atoms with E-state index in [1.807, 2.05) is 45.0 Å². The number of nitrogens with one attached hydrogen (secondary N) is 2. The molecule has 2 heterocycles. The molecular weight excluding hydrogens is 352 g/mol. The van der Waals surface area contributed by atoms with Gasteiger partial charge in [0.1, 0.15) is 5.52 Å². The lowest BCUT2D eigenvalue weighted by atomic mass is 10.1. The van der Waals surface area contributed by atoms with Crippen molar-refractivity contribution in [2.24, 2.45) is 0 Å². The van der Waals surface area contributed by atoms with Gasteiger partial charge in [-0.1, -0.05) is 17.4 Å². The molecule has 0 atom stereocenters. The van der Waals surface area contributed by atoms with E-state index in [9.17, 15) is 4.79 Å². The van der Waals surface area contributed by atoms with Crippen LogP contribution < -0.4 is 10.6 Å². The van der Waals surface area contributed by atoms with Crippen molar-refractivity contribution in [3.63, 3.8) is 0 Å². The Morgan fingerprint density at radius 3 is 2.48 bits per heavy atom. The summed E-state index contributed by atoms with van der Waals surface area (Å²) in [5, 5.41) is 7.27. The minimum atomic E-state index is -0.297. The van der Waals surface area contributed by atoms with Crippen LogP contribution >= 0.6 is 22.7 Å². The number of nitrogens with zero attached hydrogens (tertiary/aromatic N) is 2. The molecule has 0 spiro atoms. The number of carbonyl (C=O) groups excluding carboxylic acids is 1. The molecule has 2 aromatic heterocycles. The molecule has 0 unspecified atom stereocenters. The molecule has 0 fully saturated rings. The second kappa shape index (κ2) is 6.09. The number of hydrogen-bond acceptors (Lipinski definition) is 5. The van der Waals surface area contributed by atoms with Gasteiger partial charge in [-0.2, -0.15) is 0 Å². The molecule has 0 aliphatic carbocycles. The van der Waals surface area contributed by atoms with E-state index in [1.54, 1.807) is 11.3 Å². The second-order valence-electron chi connectivity index (χ2n) is 5.97. The van der Waals surface area contributed by atoms with Gasteiger partial charge in [0.25, 0.3) is 0 Å². The molecule has 4 aromatic rings. The largest absolute Gasteiger partial charge is 0.325 e. The van der Waals surface area contributed by atoms with Gasteiger partial charge in [0.15, 0.2) is 5.13 Å². The highest BCUT2D eigenvalue weighted by Crippen LogP contribution is 2.34. The van der Waals surface area contributed by atoms with Crippen molar-refractivity contribution in [3.05, 3.63) is 46.5 Å². The highest BCUT2D eigenvalue weighted by molar-refractivity contribution is 7.24. The van der Waals surface area contributed by atoms with E-state index in [1.165, 1.54) is 11.3 Å². The van der Waals surface area contributed by atoms with Crippen LogP contribution in [0.1, 0.15) is 16.1 Å². The minimum absolute atomic E-state index is 0.297. The number of aromatic nitrogens is 2. The number of amides is 2. The van der Waals surface area contributed by atoms with Crippen LogP contribution in [0.25, 0.3) is 20.4 Å². The molecule has 25 heavy (non-hydrogen) atoms. The highest BCUT2D eigenvalue weighted by atomic mass is 32.1. The normalized spacial score (nSPS) is 11.2. The van der Waals surface area contributed by atoms with E-state index in [0.29, 0.717) is 5.13 Å². The minimum Gasteiger partial charge on any atom is -0.308 e. The van der Waals surface area contributed by atoms with Gasteiger partial charge < -0.3 is 5.32 Å². The van der Waals surface area contributed by atoms with Crippen LogP contribution in [0.2, 0.25) is 0 Å². The van der Waals surface area contributed by atoms with Crippen molar-refractivity contribution in [2.75, 3.05) is 10.6 Å². The Labute approximate surface area is 152 Å². The number of thiazole rings is 2. The zero-order valence-electron chi connectivity index (χ0n) is 14.0. The van der Waals surface area contributed by atoms with Gasteiger partial charge in [-0.05, 0) is 56.2 Å². The van der Waals surface area contributed by atoms with E-state index >= 15 is 0 Å². The molecule has 7 heteroatoms. The molecule has 2 amide bonds. The van der Waals surface area contributed by atoms with Crippen LogP contribution in [0.4, 0.5) is 15.6 Å². The number of fused-ring (bicyclic) bond motifs is 3. The molecule has 0 aliphatic rings. The summed E-state index contributed by atoms with van der Waals surface area (Å²) in [4.78, 5) is 21.4. The smallest absolute Gasteiger partial charge is 0.308 e. The molecule has 5 nitrogen and oxygen atoms in total. The number of urea groups is 1. The van der Waals surface area contributed by atoms with Crippen LogP contribution in [-0.2, 0) is 0 Å². The summed E-state index contributed by atoms with van der Waals surface area (Å²) in [6.07, 6.45) is 0. The topological polar surface area (TPSA) is 66.9 Å². The first-order valence-corrected chi connectivity index (χ1v) is 9.44. The average Bonchev–Trinajstić information content (AvgIpc) is 3.07. The van der Waals surface area contributed by atoms with Crippen LogP contribution in [0.15, 0.2) is 30.3 Å². The predicted molar refractivity (Wildman–Crippen MR) is 106 cm³/mol. The summed E-state index contributed by atoms with van der Waals surface area (Å²) in [6.45, 7) is 6.00. The van der Waals surface area contributed by atoms with E-state index in [0.717, 1.165) is 42.3 Å². The summed E-state index contributed by atoms with van der Waals surface area (Å²) in [5.74, 6) is 0. The second-order valence-corrected chi connectivity index (χ2v) is 8.20. The van der Waals surface area contributed by atoms with Gasteiger partial charge in [0.2, 0.25) is 0 Å². The monoisotopic (exact) mass is 368 g/mol. The average molecular weight is 368 g/mol. The Bertz CT molecular complexity index is 1090. The van der Waals surface area contributed by atoms with E-state index < -0.39 is 0 Å². The summed E-state index contributed by atoms with van der Waals surface area (Å²) in [5.41, 5.74) is 4.80. The first kappa shape index (κ1) is 16.0. The summed E-state index contributed by atoms with van der Waals surface area (Å²) in [6, 6.07) is 9.64. The maximum atomic E-state index is 12.3. The van der Waals surface area contributed by atoms with E-state index in [-0.39, 0.29) is 6.03 Å². The molecule has 4 rings (SSSR count). The van der Waals surface area contributed by atoms with Crippen LogP contribution in [0.5, 0.6) is 0 Å². The van der Waals surface area contributed by atoms with Crippen molar-refractivity contribution >= 4 is 60.0 Å². The SMILES string of the molecule is Cc1cc(C)cc(NC(=O)Nc2nc3ccc4sc(C)nc4c3s2)c1. The lowest BCUT2D eigenvalue weighted by molar-refractivity contribution is 0.262. The van der Waals surface area contributed by atoms with E-state index in [2.05, 4.69) is 26.7 Å². The predicted octanol–water partition coefficient (Wildman–Crippen LogP) is 5.48. The van der Waals surface area contributed by atoms with Crippen molar-refractivity contribution in [3.8, 4) is 0 Å². The summed E-state index contributed by atoms with van der Waals surface area (Å²) < 4.78 is 2.14. The van der Waals surface area contributed by atoms with Gasteiger partial charge in [-0.3, -0.25) is 5.32 Å². The molecule has 0 saturated heterocycles. The standard InChI is InChI=1S/C18H16N4OS2/c1-9-6-10(2)8-12(7-9)20-17(23)22-18-21-13-4-5-14-15(16(13)25-18)19-11(3)24-14/h4-8H,1-3H3,(H2,20,21,22,23). The molecule has 2 aromatic carbocycles. The highest BCUT2D eigenvalue weighted by Gasteiger charge is 2.12. The Balaban J connectivity index is 1.59. The third kappa shape index (κ3) is 3.20. The van der Waals surface area contributed by atoms with Gasteiger partial charge in [0.05, 0.1) is 19.9 Å². The number of anilines is 2. The zero-order chi connectivity index (χ0) is 17.6. The molecule has 0 bridgehead atoms. The third-order valence-electron chi connectivity index (χ3n) is 3.72. The maximum absolute atomic E-state index is 12.3. The summed E-state index contributed by atoms with van der Waals surface area (Å²) in [7, 11) is 0. The fraction of sp³-hybridized carbons (Fsp3) is 0.167. The molecule has 2 N–H and O–H groups in total. The molecular formula is C18H16N4OS2. The van der Waals surface area contributed by atoms with Gasteiger partial charge >= 0.3 is 6.03 Å². The number of aryl methyl sites for hydroxylation is 3.